The fraction of sp³-hybridized carbons (Fsp3) is 0.250. The first kappa shape index (κ1) is 22.1. The molecule has 3 aromatic rings. The van der Waals surface area contributed by atoms with Gasteiger partial charge in [0, 0.05) is 17.9 Å². The predicted octanol–water partition coefficient (Wildman–Crippen LogP) is 1.63. The zero-order valence-corrected chi connectivity index (χ0v) is 18.3. The number of para-hydroxylation sites is 1. The number of hydrogen-bond acceptors (Lipinski definition) is 8. The molecule has 0 saturated heterocycles. The molecule has 1 aromatic heterocycles. The van der Waals surface area contributed by atoms with Crippen LogP contribution in [0.5, 0.6) is 11.6 Å². The lowest BCUT2D eigenvalue weighted by Gasteiger charge is -2.23. The van der Waals surface area contributed by atoms with Crippen LogP contribution in [0.15, 0.2) is 54.7 Å². The third-order valence-electron chi connectivity index (χ3n) is 5.31. The van der Waals surface area contributed by atoms with Crippen LogP contribution >= 0.6 is 0 Å². The van der Waals surface area contributed by atoms with E-state index in [0.29, 0.717) is 11.7 Å². The van der Waals surface area contributed by atoms with Gasteiger partial charge in [-0.1, -0.05) is 30.3 Å². The number of carboxylic acids is 1. The summed E-state index contributed by atoms with van der Waals surface area (Å²) in [5.74, 6) is -0.947. The van der Waals surface area contributed by atoms with Crippen molar-refractivity contribution in [1.82, 2.24) is 15.3 Å². The normalized spacial score (nSPS) is 14.5. The first-order valence-electron chi connectivity index (χ1n) is 10.4. The number of nitrogens with one attached hydrogen (secondary N) is 1. The highest BCUT2D eigenvalue weighted by Gasteiger charge is 2.30. The van der Waals surface area contributed by atoms with Gasteiger partial charge in [0.1, 0.15) is 17.9 Å². The second kappa shape index (κ2) is 9.56. The van der Waals surface area contributed by atoms with Gasteiger partial charge in [-0.2, -0.15) is 4.98 Å². The van der Waals surface area contributed by atoms with Crippen molar-refractivity contribution in [3.05, 3.63) is 71.4 Å². The maximum absolute atomic E-state index is 12.6. The molecule has 9 nitrogen and oxygen atoms in total. The van der Waals surface area contributed by atoms with Gasteiger partial charge in [0.25, 0.3) is 5.91 Å². The molecule has 1 amide bonds. The van der Waals surface area contributed by atoms with Crippen LogP contribution in [0.25, 0.3) is 0 Å². The van der Waals surface area contributed by atoms with E-state index in [1.54, 1.807) is 7.11 Å². The average Bonchev–Trinajstić information content (AvgIpc) is 3.16. The monoisotopic (exact) mass is 447 g/mol. The van der Waals surface area contributed by atoms with E-state index in [-0.39, 0.29) is 24.1 Å². The number of anilines is 2. The van der Waals surface area contributed by atoms with E-state index in [4.69, 9.17) is 9.47 Å². The number of rotatable bonds is 8. The van der Waals surface area contributed by atoms with E-state index in [2.05, 4.69) is 28.3 Å². The quantitative estimate of drug-likeness (QED) is 0.554. The van der Waals surface area contributed by atoms with Crippen molar-refractivity contribution in [2.24, 2.45) is 0 Å². The Morgan fingerprint density at radius 1 is 1.21 bits per heavy atom. The molecule has 0 saturated carbocycles. The molecule has 1 unspecified atom stereocenters. The second-order valence-electron chi connectivity index (χ2n) is 7.64. The van der Waals surface area contributed by atoms with E-state index >= 15 is 0 Å². The summed E-state index contributed by atoms with van der Waals surface area (Å²) in [7, 11) is 1.57. The molecule has 1 atom stereocenters. The van der Waals surface area contributed by atoms with Crippen molar-refractivity contribution in [2.45, 2.75) is 26.0 Å². The minimum Gasteiger partial charge on any atom is -0.548 e. The first-order valence-corrected chi connectivity index (χ1v) is 10.4. The van der Waals surface area contributed by atoms with Crippen LogP contribution in [0.2, 0.25) is 0 Å². The summed E-state index contributed by atoms with van der Waals surface area (Å²) in [6.45, 7) is 1.56. The molecule has 2 aromatic carbocycles. The number of amides is 1. The summed E-state index contributed by atoms with van der Waals surface area (Å²) < 4.78 is 11.2. The number of nitrogens with zero attached hydrogens (tertiary/aromatic N) is 3. The summed E-state index contributed by atoms with van der Waals surface area (Å²) in [5.41, 5.74) is 3.03. The van der Waals surface area contributed by atoms with Crippen molar-refractivity contribution >= 4 is 23.5 Å². The van der Waals surface area contributed by atoms with Gasteiger partial charge < -0.3 is 29.6 Å². The number of benzene rings is 2. The number of carboxylic acid groups (broad SMARTS) is 1. The Bertz CT molecular complexity index is 1180. The molecule has 1 aliphatic rings. The molecule has 1 aliphatic heterocycles. The highest BCUT2D eigenvalue weighted by Crippen LogP contribution is 2.37. The molecule has 170 valence electrons. The van der Waals surface area contributed by atoms with E-state index in [1.165, 1.54) is 11.8 Å². The smallest absolute Gasteiger partial charge is 0.258 e. The van der Waals surface area contributed by atoms with Gasteiger partial charge >= 0.3 is 0 Å². The number of ether oxygens (including phenoxy) is 2. The number of aliphatic carboxylic acids is 1. The van der Waals surface area contributed by atoms with Crippen LogP contribution in [-0.2, 0) is 17.8 Å². The fourth-order valence-corrected chi connectivity index (χ4v) is 3.77. The Labute approximate surface area is 191 Å². The van der Waals surface area contributed by atoms with E-state index in [9.17, 15) is 14.7 Å². The molecular formula is C24H23N4O5-. The van der Waals surface area contributed by atoms with Crippen LogP contribution in [0.4, 0.5) is 11.6 Å². The molecule has 0 fully saturated rings. The largest absolute Gasteiger partial charge is 0.548 e. The zero-order chi connectivity index (χ0) is 23.4. The highest BCUT2D eigenvalue weighted by molar-refractivity contribution is 5.97. The fourth-order valence-electron chi connectivity index (χ4n) is 3.77. The standard InChI is InChI=1S/C24H24N4O5/c1-15-10-17-7-3-4-9-20(17)28(15)24-26-12-19(22(31)25-13-21(29)30)23(27-24)33-14-16-6-5-8-18(11-16)32-2/h3-9,11-12,15H,10,13-14H2,1-2H3,(H,25,31)(H,29,30)/p-1. The molecule has 0 spiro atoms. The Balaban J connectivity index is 1.66. The Morgan fingerprint density at radius 2 is 2.03 bits per heavy atom. The number of hydrogen-bond donors (Lipinski definition) is 1. The van der Waals surface area contributed by atoms with Gasteiger partial charge in [-0.15, -0.1) is 0 Å². The molecule has 2 heterocycles. The average molecular weight is 447 g/mol. The predicted molar refractivity (Wildman–Crippen MR) is 118 cm³/mol. The van der Waals surface area contributed by atoms with Gasteiger partial charge in [-0.25, -0.2) is 4.98 Å². The summed E-state index contributed by atoms with van der Waals surface area (Å²) in [6.07, 6.45) is 2.19. The zero-order valence-electron chi connectivity index (χ0n) is 18.3. The molecule has 4 rings (SSSR count). The van der Waals surface area contributed by atoms with Crippen LogP contribution < -0.4 is 24.8 Å². The summed E-state index contributed by atoms with van der Waals surface area (Å²) in [5, 5.41) is 13.0. The molecular weight excluding hydrogens is 424 g/mol. The number of carbonyl (C=O) groups is 2. The first-order chi connectivity index (χ1) is 16.0. The van der Waals surface area contributed by atoms with Crippen LogP contribution in [0, 0.1) is 0 Å². The van der Waals surface area contributed by atoms with Gasteiger partial charge in [-0.3, -0.25) is 4.79 Å². The lowest BCUT2D eigenvalue weighted by Crippen LogP contribution is -2.38. The van der Waals surface area contributed by atoms with Gasteiger partial charge in [0.05, 0.1) is 19.6 Å². The van der Waals surface area contributed by atoms with Crippen LogP contribution in [0.3, 0.4) is 0 Å². The van der Waals surface area contributed by atoms with E-state index in [0.717, 1.165) is 17.7 Å². The van der Waals surface area contributed by atoms with Gasteiger partial charge in [0.15, 0.2) is 0 Å². The van der Waals surface area contributed by atoms with E-state index in [1.807, 2.05) is 47.4 Å². The van der Waals surface area contributed by atoms with Crippen molar-refractivity contribution in [1.29, 1.82) is 0 Å². The summed E-state index contributed by atoms with van der Waals surface area (Å²) >= 11 is 0. The molecule has 33 heavy (non-hydrogen) atoms. The second-order valence-corrected chi connectivity index (χ2v) is 7.64. The molecule has 1 N–H and O–H groups in total. The third-order valence-corrected chi connectivity index (χ3v) is 5.31. The number of aromatic nitrogens is 2. The number of carbonyl (C=O) groups excluding carboxylic acids is 2. The lowest BCUT2D eigenvalue weighted by atomic mass is 10.1. The summed E-state index contributed by atoms with van der Waals surface area (Å²) in [6, 6.07) is 15.4. The number of methoxy groups -OCH3 is 1. The molecule has 0 bridgehead atoms. The van der Waals surface area contributed by atoms with Crippen LogP contribution in [-0.4, -0.2) is 41.5 Å². The number of fused-ring (bicyclic) bond motifs is 1. The van der Waals surface area contributed by atoms with Gasteiger partial charge in [0.2, 0.25) is 11.8 Å². The maximum atomic E-state index is 12.6. The minimum atomic E-state index is -1.40. The molecule has 9 heteroatoms. The SMILES string of the molecule is COc1cccc(COc2nc(N3c4ccccc4CC3C)ncc2C(=O)NCC(=O)[O-])c1. The third kappa shape index (κ3) is 4.87. The van der Waals surface area contributed by atoms with Crippen molar-refractivity contribution < 1.29 is 24.2 Å². The van der Waals surface area contributed by atoms with Gasteiger partial charge in [-0.05, 0) is 42.7 Å². The summed E-state index contributed by atoms with van der Waals surface area (Å²) in [4.78, 5) is 34.3. The minimum absolute atomic E-state index is 0.0306. The van der Waals surface area contributed by atoms with E-state index < -0.39 is 18.4 Å². The Hall–Kier alpha value is -4.14. The Morgan fingerprint density at radius 3 is 2.82 bits per heavy atom. The molecule has 0 radical (unpaired) electrons. The van der Waals surface area contributed by atoms with Crippen LogP contribution in [0.1, 0.15) is 28.4 Å². The maximum Gasteiger partial charge on any atom is 0.258 e. The lowest BCUT2D eigenvalue weighted by molar-refractivity contribution is -0.303. The van der Waals surface area contributed by atoms with Crippen molar-refractivity contribution in [3.8, 4) is 11.6 Å². The topological polar surface area (TPSA) is 117 Å². The van der Waals surface area contributed by atoms with Crippen molar-refractivity contribution in [3.63, 3.8) is 0 Å². The molecule has 0 aliphatic carbocycles. The Kier molecular flexibility index (Phi) is 6.39. The highest BCUT2D eigenvalue weighted by atomic mass is 16.5. The van der Waals surface area contributed by atoms with Crippen molar-refractivity contribution in [2.75, 3.05) is 18.6 Å².